The van der Waals surface area contributed by atoms with Gasteiger partial charge in [-0.15, -0.1) is 10.2 Å². The SMILES string of the molecule is Nc1ccc(-n2nc3ccc(S(=O)(=O)O)cc3n2)c([O-])c1.[Na+]. The van der Waals surface area contributed by atoms with E-state index in [-0.39, 0.29) is 51.4 Å². The first-order chi connectivity index (χ1) is 9.84. The Morgan fingerprint density at radius 2 is 1.77 bits per heavy atom. The molecule has 0 amide bonds. The van der Waals surface area contributed by atoms with Gasteiger partial charge in [0, 0.05) is 5.69 Å². The van der Waals surface area contributed by atoms with Gasteiger partial charge in [-0.3, -0.25) is 4.55 Å². The first-order valence-corrected chi connectivity index (χ1v) is 7.20. The van der Waals surface area contributed by atoms with Crippen LogP contribution >= 0.6 is 0 Å². The van der Waals surface area contributed by atoms with Gasteiger partial charge in [0.05, 0.1) is 10.6 Å². The van der Waals surface area contributed by atoms with E-state index < -0.39 is 10.1 Å². The van der Waals surface area contributed by atoms with Gasteiger partial charge in [-0.05, 0) is 36.4 Å². The van der Waals surface area contributed by atoms with Crippen LogP contribution in [0.15, 0.2) is 41.3 Å². The van der Waals surface area contributed by atoms with Crippen LogP contribution in [0.1, 0.15) is 0 Å². The molecule has 3 N–H and O–H groups in total. The average molecular weight is 328 g/mol. The van der Waals surface area contributed by atoms with Gasteiger partial charge in [0.15, 0.2) is 0 Å². The van der Waals surface area contributed by atoms with Crippen LogP contribution in [-0.2, 0) is 10.1 Å². The first-order valence-electron chi connectivity index (χ1n) is 5.76. The van der Waals surface area contributed by atoms with Gasteiger partial charge in [0.25, 0.3) is 10.1 Å². The molecule has 0 bridgehead atoms. The minimum Gasteiger partial charge on any atom is -0.871 e. The van der Waals surface area contributed by atoms with Crippen LogP contribution < -0.4 is 40.4 Å². The van der Waals surface area contributed by atoms with Crippen LogP contribution in [-0.4, -0.2) is 28.0 Å². The van der Waals surface area contributed by atoms with Crippen molar-refractivity contribution in [2.45, 2.75) is 4.90 Å². The number of anilines is 1. The molecule has 108 valence electrons. The smallest absolute Gasteiger partial charge is 0.871 e. The molecule has 2 aromatic carbocycles. The minimum atomic E-state index is -4.32. The van der Waals surface area contributed by atoms with Crippen molar-refractivity contribution in [3.05, 3.63) is 36.4 Å². The molecule has 3 aromatic rings. The summed E-state index contributed by atoms with van der Waals surface area (Å²) in [6.45, 7) is 0. The molecule has 1 aromatic heterocycles. The molecule has 1 heterocycles. The maximum absolute atomic E-state index is 11.8. The Balaban J connectivity index is 0.00000176. The average Bonchev–Trinajstić information content (AvgIpc) is 2.79. The number of rotatable bonds is 2. The number of hydrogen-bond acceptors (Lipinski definition) is 6. The minimum absolute atomic E-state index is 0. The van der Waals surface area contributed by atoms with Crippen LogP contribution in [0.3, 0.4) is 0 Å². The second-order valence-corrected chi connectivity index (χ2v) is 5.76. The molecular formula is C12H9N4NaO4S. The summed E-state index contributed by atoms with van der Waals surface area (Å²) in [7, 11) is -4.32. The Morgan fingerprint density at radius 3 is 2.41 bits per heavy atom. The molecule has 0 radical (unpaired) electrons. The van der Waals surface area contributed by atoms with Crippen molar-refractivity contribution >= 4 is 26.8 Å². The van der Waals surface area contributed by atoms with Gasteiger partial charge in [-0.1, -0.05) is 5.75 Å². The van der Waals surface area contributed by atoms with Gasteiger partial charge < -0.3 is 10.8 Å². The Bertz CT molecular complexity index is 955. The molecule has 0 fully saturated rings. The Labute approximate surface area is 147 Å². The third kappa shape index (κ3) is 3.08. The standard InChI is InChI=1S/C12H10N4O4S.Na/c13-7-1-4-11(12(17)5-7)16-14-9-3-2-8(21(18,19)20)6-10(9)15-16;/h1-6,17H,13H2,(H,18,19,20);/q;+1/p-1. The summed E-state index contributed by atoms with van der Waals surface area (Å²) in [4.78, 5) is 0.807. The molecule has 0 spiro atoms. The van der Waals surface area contributed by atoms with E-state index in [4.69, 9.17) is 10.3 Å². The molecule has 22 heavy (non-hydrogen) atoms. The fraction of sp³-hybridized carbons (Fsp3) is 0. The van der Waals surface area contributed by atoms with E-state index in [0.29, 0.717) is 11.2 Å². The van der Waals surface area contributed by atoms with E-state index in [1.165, 1.54) is 36.4 Å². The first kappa shape index (κ1) is 16.7. The summed E-state index contributed by atoms with van der Waals surface area (Å²) >= 11 is 0. The predicted octanol–water partition coefficient (Wildman–Crippen LogP) is -2.67. The van der Waals surface area contributed by atoms with Crippen LogP contribution in [0.2, 0.25) is 0 Å². The molecular weight excluding hydrogens is 319 g/mol. The largest absolute Gasteiger partial charge is 1.00 e. The van der Waals surface area contributed by atoms with E-state index in [0.717, 1.165) is 4.80 Å². The van der Waals surface area contributed by atoms with Gasteiger partial charge in [-0.25, -0.2) is 0 Å². The fourth-order valence-electron chi connectivity index (χ4n) is 1.86. The summed E-state index contributed by atoms with van der Waals surface area (Å²) in [5.74, 6) is -0.356. The van der Waals surface area contributed by atoms with Crippen LogP contribution in [0.4, 0.5) is 5.69 Å². The number of benzene rings is 2. The van der Waals surface area contributed by atoms with E-state index >= 15 is 0 Å². The van der Waals surface area contributed by atoms with Crippen molar-refractivity contribution in [2.24, 2.45) is 0 Å². The second kappa shape index (κ2) is 5.86. The quantitative estimate of drug-likeness (QED) is 0.297. The van der Waals surface area contributed by atoms with Gasteiger partial charge >= 0.3 is 29.6 Å². The van der Waals surface area contributed by atoms with Crippen LogP contribution in [0.25, 0.3) is 16.7 Å². The van der Waals surface area contributed by atoms with E-state index in [1.54, 1.807) is 0 Å². The van der Waals surface area contributed by atoms with Crippen molar-refractivity contribution in [3.8, 4) is 11.4 Å². The summed E-state index contributed by atoms with van der Waals surface area (Å²) in [5, 5.41) is 19.9. The molecule has 10 heteroatoms. The summed E-state index contributed by atoms with van der Waals surface area (Å²) < 4.78 is 31.2. The summed E-state index contributed by atoms with van der Waals surface area (Å²) in [6, 6.07) is 8.03. The molecule has 8 nitrogen and oxygen atoms in total. The molecule has 0 unspecified atom stereocenters. The van der Waals surface area contributed by atoms with E-state index in [2.05, 4.69) is 10.2 Å². The van der Waals surface area contributed by atoms with Gasteiger partial charge in [-0.2, -0.15) is 13.2 Å². The maximum atomic E-state index is 11.8. The normalized spacial score (nSPS) is 11.3. The molecule has 0 saturated carbocycles. The number of fused-ring (bicyclic) bond motifs is 1. The van der Waals surface area contributed by atoms with Crippen molar-refractivity contribution in [2.75, 3.05) is 5.73 Å². The summed E-state index contributed by atoms with van der Waals surface area (Å²) in [6.07, 6.45) is 0. The fourth-order valence-corrected chi connectivity index (χ4v) is 2.36. The Kier molecular flexibility index (Phi) is 4.45. The number of hydrogen-bond donors (Lipinski definition) is 2. The molecule has 3 rings (SSSR count). The van der Waals surface area contributed by atoms with Gasteiger partial charge in [0.1, 0.15) is 11.0 Å². The van der Waals surface area contributed by atoms with Crippen molar-refractivity contribution in [3.63, 3.8) is 0 Å². The van der Waals surface area contributed by atoms with Crippen LogP contribution in [0, 0.1) is 0 Å². The maximum Gasteiger partial charge on any atom is 1.00 e. The van der Waals surface area contributed by atoms with Crippen molar-refractivity contribution < 1.29 is 47.6 Å². The molecule has 0 aliphatic carbocycles. The molecule has 0 aliphatic rings. The Morgan fingerprint density at radius 1 is 1.09 bits per heavy atom. The number of nitrogen functional groups attached to an aromatic ring is 1. The number of nitrogens with two attached hydrogens (primary N) is 1. The van der Waals surface area contributed by atoms with Crippen molar-refractivity contribution in [1.82, 2.24) is 15.0 Å². The predicted molar refractivity (Wildman–Crippen MR) is 72.5 cm³/mol. The van der Waals surface area contributed by atoms with E-state index in [1.807, 2.05) is 0 Å². The third-order valence-corrected chi connectivity index (χ3v) is 3.70. The third-order valence-electron chi connectivity index (χ3n) is 2.85. The zero-order valence-corrected chi connectivity index (χ0v) is 14.3. The molecule has 0 saturated heterocycles. The topological polar surface area (TPSA) is 134 Å². The molecule has 0 atom stereocenters. The zero-order chi connectivity index (χ0) is 15.2. The second-order valence-electron chi connectivity index (χ2n) is 4.34. The van der Waals surface area contributed by atoms with Gasteiger partial charge in [0.2, 0.25) is 0 Å². The zero-order valence-electron chi connectivity index (χ0n) is 11.5. The summed E-state index contributed by atoms with van der Waals surface area (Å²) in [5.41, 5.74) is 6.65. The number of nitrogens with zero attached hydrogens (tertiary/aromatic N) is 3. The Hall–Kier alpha value is -1.65. The molecule has 0 aliphatic heterocycles. The van der Waals surface area contributed by atoms with E-state index in [9.17, 15) is 13.5 Å². The monoisotopic (exact) mass is 328 g/mol. The van der Waals surface area contributed by atoms with Crippen molar-refractivity contribution in [1.29, 1.82) is 0 Å². The number of aromatic nitrogens is 3. The van der Waals surface area contributed by atoms with Crippen LogP contribution in [0.5, 0.6) is 5.75 Å².